The van der Waals surface area contributed by atoms with E-state index in [1.165, 1.54) is 103 Å². The molecule has 0 aliphatic heterocycles. The first kappa shape index (κ1) is 52.8. The molecule has 0 amide bonds. The number of hydrogen-bond acceptors (Lipinski definition) is 7. The minimum Gasteiger partial charge on any atom is -0.466 e. The zero-order valence-corrected chi connectivity index (χ0v) is 36.8. The van der Waals surface area contributed by atoms with Crippen LogP contribution in [0, 0.1) is 11.8 Å². The highest BCUT2D eigenvalue weighted by Gasteiger charge is 2.15. The van der Waals surface area contributed by atoms with Crippen molar-refractivity contribution in [2.75, 3.05) is 26.4 Å². The Morgan fingerprint density at radius 3 is 1.17 bits per heavy atom. The van der Waals surface area contributed by atoms with Crippen LogP contribution in [0.15, 0.2) is 0 Å². The van der Waals surface area contributed by atoms with Crippen molar-refractivity contribution in [1.82, 2.24) is 0 Å². The molecule has 322 valence electrons. The van der Waals surface area contributed by atoms with E-state index in [-0.39, 0.29) is 24.3 Å². The van der Waals surface area contributed by atoms with Crippen LogP contribution in [0.5, 0.6) is 0 Å². The third-order valence-corrected chi connectivity index (χ3v) is 11.1. The van der Waals surface area contributed by atoms with E-state index in [0.29, 0.717) is 51.0 Å². The molecule has 0 bridgehead atoms. The molecule has 0 aromatic rings. The van der Waals surface area contributed by atoms with Crippen LogP contribution in [0.1, 0.15) is 240 Å². The molecule has 0 fully saturated rings. The summed E-state index contributed by atoms with van der Waals surface area (Å²) in [5.74, 6) is 1.36. The maximum atomic E-state index is 12.4. The van der Waals surface area contributed by atoms with E-state index in [4.69, 9.17) is 24.7 Å². The van der Waals surface area contributed by atoms with Gasteiger partial charge in [-0.05, 0) is 57.3 Å². The first-order valence-corrected chi connectivity index (χ1v) is 23.7. The van der Waals surface area contributed by atoms with Crippen molar-refractivity contribution in [2.45, 2.75) is 252 Å². The van der Waals surface area contributed by atoms with Gasteiger partial charge in [0.05, 0.1) is 25.9 Å². The van der Waals surface area contributed by atoms with E-state index < -0.39 is 0 Å². The van der Waals surface area contributed by atoms with Gasteiger partial charge in [-0.25, -0.2) is 0 Å². The van der Waals surface area contributed by atoms with Crippen molar-refractivity contribution in [3.63, 3.8) is 0 Å². The maximum Gasteiger partial charge on any atom is 0.305 e. The van der Waals surface area contributed by atoms with E-state index in [0.717, 1.165) is 89.9 Å². The Kier molecular flexibility index (Phi) is 40.5. The summed E-state index contributed by atoms with van der Waals surface area (Å²) in [5, 5.41) is 0. The van der Waals surface area contributed by atoms with Crippen molar-refractivity contribution in [3.8, 4) is 0 Å². The van der Waals surface area contributed by atoms with Crippen LogP contribution >= 0.6 is 0 Å². The standard InChI is InChI=1S/C47H93NO6/c1-6-10-20-28-43(29-21-11-7-2)36-39-52-46(49)34-26-18-14-16-24-32-45(54-42(5)51-41-38-48)33-25-17-15-19-27-35-47(50)53-40-37-44(30-22-12-8-3)31-23-13-9-4/h42-45H,6-41,48H2,1-5H3. The lowest BCUT2D eigenvalue weighted by Crippen LogP contribution is -2.24. The number of nitrogens with two attached hydrogens (primary N) is 1. The molecule has 0 aliphatic rings. The van der Waals surface area contributed by atoms with E-state index in [1.807, 2.05) is 6.92 Å². The van der Waals surface area contributed by atoms with Crippen molar-refractivity contribution in [2.24, 2.45) is 17.6 Å². The summed E-state index contributed by atoms with van der Waals surface area (Å²) < 4.78 is 23.3. The summed E-state index contributed by atoms with van der Waals surface area (Å²) in [4.78, 5) is 24.7. The number of rotatable bonds is 43. The molecule has 54 heavy (non-hydrogen) atoms. The summed E-state index contributed by atoms with van der Waals surface area (Å²) in [5.41, 5.74) is 5.64. The minimum absolute atomic E-state index is 0.0228. The Morgan fingerprint density at radius 2 is 0.796 bits per heavy atom. The molecule has 7 heteroatoms. The van der Waals surface area contributed by atoms with Crippen LogP contribution in [0.3, 0.4) is 0 Å². The molecule has 0 radical (unpaired) electrons. The topological polar surface area (TPSA) is 97.1 Å². The fraction of sp³-hybridized carbons (Fsp3) is 0.957. The van der Waals surface area contributed by atoms with Crippen LogP contribution in [0.25, 0.3) is 0 Å². The molecular formula is C47H93NO6. The second-order valence-corrected chi connectivity index (χ2v) is 16.3. The molecule has 7 nitrogen and oxygen atoms in total. The fourth-order valence-corrected chi connectivity index (χ4v) is 7.59. The van der Waals surface area contributed by atoms with Crippen molar-refractivity contribution in [3.05, 3.63) is 0 Å². The summed E-state index contributed by atoms with van der Waals surface area (Å²) in [7, 11) is 0. The summed E-state index contributed by atoms with van der Waals surface area (Å²) in [6.07, 6.45) is 36.5. The van der Waals surface area contributed by atoms with Gasteiger partial charge in [-0.3, -0.25) is 9.59 Å². The van der Waals surface area contributed by atoms with Crippen LogP contribution in [0.4, 0.5) is 0 Å². The Balaban J connectivity index is 4.22. The van der Waals surface area contributed by atoms with Crippen LogP contribution < -0.4 is 5.73 Å². The van der Waals surface area contributed by atoms with Crippen LogP contribution in [-0.2, 0) is 28.5 Å². The molecule has 0 rings (SSSR count). The zero-order valence-electron chi connectivity index (χ0n) is 36.8. The monoisotopic (exact) mass is 768 g/mol. The van der Waals surface area contributed by atoms with Gasteiger partial charge < -0.3 is 24.7 Å². The molecule has 0 saturated heterocycles. The summed E-state index contributed by atoms with van der Waals surface area (Å²) in [6, 6.07) is 0. The average Bonchev–Trinajstić information content (AvgIpc) is 3.16. The SMILES string of the molecule is CCCCCC(CCCCC)CCOC(=O)CCCCCCCC(CCCCCCCC(=O)OCCC(CCCCC)CCCCC)OC(C)OCCN. The predicted molar refractivity (Wildman–Crippen MR) is 229 cm³/mol. The molecule has 0 saturated carbocycles. The highest BCUT2D eigenvalue weighted by Crippen LogP contribution is 2.23. The highest BCUT2D eigenvalue weighted by atomic mass is 16.7. The zero-order chi connectivity index (χ0) is 39.7. The van der Waals surface area contributed by atoms with Crippen molar-refractivity contribution < 1.29 is 28.5 Å². The second kappa shape index (κ2) is 41.5. The first-order valence-electron chi connectivity index (χ1n) is 23.7. The quantitative estimate of drug-likeness (QED) is 0.0375. The Morgan fingerprint density at radius 1 is 0.444 bits per heavy atom. The van der Waals surface area contributed by atoms with E-state index in [9.17, 15) is 9.59 Å². The normalized spacial score (nSPS) is 12.3. The summed E-state index contributed by atoms with van der Waals surface area (Å²) >= 11 is 0. The van der Waals surface area contributed by atoms with Crippen molar-refractivity contribution in [1.29, 1.82) is 0 Å². The van der Waals surface area contributed by atoms with Gasteiger partial charge in [0, 0.05) is 19.4 Å². The molecule has 0 heterocycles. The molecule has 0 aromatic carbocycles. The van der Waals surface area contributed by atoms with Gasteiger partial charge in [-0.2, -0.15) is 0 Å². The molecule has 2 N–H and O–H groups in total. The largest absolute Gasteiger partial charge is 0.466 e. The molecule has 1 atom stereocenters. The molecule has 1 unspecified atom stereocenters. The van der Waals surface area contributed by atoms with E-state index in [2.05, 4.69) is 27.7 Å². The molecule has 0 spiro atoms. The van der Waals surface area contributed by atoms with Crippen LogP contribution in [0.2, 0.25) is 0 Å². The minimum atomic E-state index is -0.249. The number of carbonyl (C=O) groups excluding carboxylic acids is 2. The van der Waals surface area contributed by atoms with Gasteiger partial charge in [0.1, 0.15) is 0 Å². The summed E-state index contributed by atoms with van der Waals surface area (Å²) in [6.45, 7) is 13.2. The van der Waals surface area contributed by atoms with Crippen molar-refractivity contribution >= 4 is 11.9 Å². The smallest absolute Gasteiger partial charge is 0.305 e. The van der Waals surface area contributed by atoms with Gasteiger partial charge in [0.25, 0.3) is 0 Å². The number of hydrogen-bond donors (Lipinski definition) is 1. The third kappa shape index (κ3) is 36.5. The van der Waals surface area contributed by atoms with Gasteiger partial charge in [-0.1, -0.05) is 182 Å². The predicted octanol–water partition coefficient (Wildman–Crippen LogP) is 13.6. The fourth-order valence-electron chi connectivity index (χ4n) is 7.59. The first-order chi connectivity index (χ1) is 26.4. The van der Waals surface area contributed by atoms with Gasteiger partial charge in [-0.15, -0.1) is 0 Å². The lowest BCUT2D eigenvalue weighted by atomic mass is 9.92. The lowest BCUT2D eigenvalue weighted by molar-refractivity contribution is -0.161. The van der Waals surface area contributed by atoms with Crippen LogP contribution in [-0.4, -0.2) is 50.7 Å². The third-order valence-electron chi connectivity index (χ3n) is 11.1. The Bertz CT molecular complexity index is 718. The maximum absolute atomic E-state index is 12.4. The highest BCUT2D eigenvalue weighted by molar-refractivity contribution is 5.69. The van der Waals surface area contributed by atoms with E-state index in [1.54, 1.807) is 0 Å². The average molecular weight is 768 g/mol. The Labute approximate surface area is 336 Å². The number of unbranched alkanes of at least 4 members (excludes halogenated alkanes) is 16. The molecular weight excluding hydrogens is 675 g/mol. The number of carbonyl (C=O) groups is 2. The molecule has 0 aromatic heterocycles. The van der Waals surface area contributed by atoms with Gasteiger partial charge >= 0.3 is 11.9 Å². The molecule has 0 aliphatic carbocycles. The lowest BCUT2D eigenvalue weighted by Gasteiger charge is -2.23. The van der Waals surface area contributed by atoms with E-state index >= 15 is 0 Å². The second-order valence-electron chi connectivity index (χ2n) is 16.3. The Hall–Kier alpha value is -1.18. The number of ether oxygens (including phenoxy) is 4. The van der Waals surface area contributed by atoms with Gasteiger partial charge in [0.2, 0.25) is 0 Å². The number of esters is 2. The van der Waals surface area contributed by atoms with Gasteiger partial charge in [0.15, 0.2) is 6.29 Å².